The van der Waals surface area contributed by atoms with E-state index in [2.05, 4.69) is 5.10 Å². The number of hydrogen-bond acceptors (Lipinski definition) is 2. The van der Waals surface area contributed by atoms with Crippen molar-refractivity contribution >= 4 is 12.0 Å². The zero-order valence-corrected chi connectivity index (χ0v) is 8.45. The zero-order chi connectivity index (χ0) is 11.4. The summed E-state index contributed by atoms with van der Waals surface area (Å²) in [6, 6.07) is 9.63. The highest BCUT2D eigenvalue weighted by Crippen LogP contribution is 2.08. The largest absolute Gasteiger partial charge is 0.478 e. The first-order chi connectivity index (χ1) is 7.75. The summed E-state index contributed by atoms with van der Waals surface area (Å²) in [6.07, 6.45) is 5.99. The van der Waals surface area contributed by atoms with Crippen LogP contribution in [0.5, 0.6) is 0 Å². The minimum atomic E-state index is -0.965. The van der Waals surface area contributed by atoms with E-state index < -0.39 is 5.97 Å². The zero-order valence-electron chi connectivity index (χ0n) is 8.45. The van der Waals surface area contributed by atoms with Crippen LogP contribution in [0.25, 0.3) is 11.8 Å². The van der Waals surface area contributed by atoms with Gasteiger partial charge in [-0.05, 0) is 18.2 Å². The molecule has 0 unspecified atom stereocenters. The van der Waals surface area contributed by atoms with Crippen LogP contribution in [0, 0.1) is 0 Å². The van der Waals surface area contributed by atoms with Crippen molar-refractivity contribution in [3.63, 3.8) is 0 Å². The fourth-order valence-corrected chi connectivity index (χ4v) is 1.31. The van der Waals surface area contributed by atoms with Gasteiger partial charge in [-0.3, -0.25) is 0 Å². The van der Waals surface area contributed by atoms with Crippen LogP contribution in [0.4, 0.5) is 0 Å². The topological polar surface area (TPSA) is 55.1 Å². The molecule has 0 aliphatic carbocycles. The summed E-state index contributed by atoms with van der Waals surface area (Å²) in [5, 5.41) is 12.6. The van der Waals surface area contributed by atoms with Crippen LogP contribution in [0.1, 0.15) is 5.56 Å². The SMILES string of the molecule is O=C(O)/C=C/c1cnn(-c2ccccc2)c1. The van der Waals surface area contributed by atoms with Gasteiger partial charge >= 0.3 is 5.97 Å². The Bertz CT molecular complexity index is 515. The lowest BCUT2D eigenvalue weighted by Crippen LogP contribution is -1.92. The lowest BCUT2D eigenvalue weighted by molar-refractivity contribution is -0.131. The van der Waals surface area contributed by atoms with E-state index in [4.69, 9.17) is 5.11 Å². The van der Waals surface area contributed by atoms with E-state index in [1.54, 1.807) is 17.1 Å². The Morgan fingerprint density at radius 3 is 2.75 bits per heavy atom. The average molecular weight is 214 g/mol. The molecule has 0 saturated heterocycles. The molecule has 16 heavy (non-hydrogen) atoms. The summed E-state index contributed by atoms with van der Waals surface area (Å²) >= 11 is 0. The lowest BCUT2D eigenvalue weighted by Gasteiger charge is -1.98. The van der Waals surface area contributed by atoms with E-state index >= 15 is 0 Å². The van der Waals surface area contributed by atoms with E-state index in [9.17, 15) is 4.79 Å². The molecule has 0 amide bonds. The predicted octanol–water partition coefficient (Wildman–Crippen LogP) is 1.97. The molecule has 4 heteroatoms. The molecule has 4 nitrogen and oxygen atoms in total. The minimum Gasteiger partial charge on any atom is -0.478 e. The van der Waals surface area contributed by atoms with Gasteiger partial charge in [0.25, 0.3) is 0 Å². The summed E-state index contributed by atoms with van der Waals surface area (Å²) in [5.41, 5.74) is 1.70. The van der Waals surface area contributed by atoms with Crippen LogP contribution in [0.2, 0.25) is 0 Å². The van der Waals surface area contributed by atoms with Gasteiger partial charge in [0.15, 0.2) is 0 Å². The quantitative estimate of drug-likeness (QED) is 0.795. The van der Waals surface area contributed by atoms with Crippen molar-refractivity contribution in [3.05, 3.63) is 54.4 Å². The second-order valence-corrected chi connectivity index (χ2v) is 3.23. The molecule has 0 atom stereocenters. The van der Waals surface area contributed by atoms with Gasteiger partial charge in [0.1, 0.15) is 0 Å². The number of carbonyl (C=O) groups is 1. The summed E-state index contributed by atoms with van der Waals surface area (Å²) in [6.45, 7) is 0. The molecule has 80 valence electrons. The van der Waals surface area contributed by atoms with Gasteiger partial charge in [-0.1, -0.05) is 18.2 Å². The molecule has 2 aromatic rings. The first-order valence-corrected chi connectivity index (χ1v) is 4.77. The van der Waals surface area contributed by atoms with Crippen molar-refractivity contribution in [2.45, 2.75) is 0 Å². The molecule has 0 aliphatic rings. The Balaban J connectivity index is 2.23. The van der Waals surface area contributed by atoms with Gasteiger partial charge in [0.05, 0.1) is 11.9 Å². The molecule has 0 bridgehead atoms. The van der Waals surface area contributed by atoms with E-state index in [-0.39, 0.29) is 0 Å². The number of benzene rings is 1. The van der Waals surface area contributed by atoms with Crippen molar-refractivity contribution in [2.75, 3.05) is 0 Å². The number of rotatable bonds is 3. The number of carboxylic acid groups (broad SMARTS) is 1. The summed E-state index contributed by atoms with van der Waals surface area (Å²) < 4.78 is 1.70. The first kappa shape index (κ1) is 10.2. The Kier molecular flexibility index (Phi) is 2.82. The van der Waals surface area contributed by atoms with Crippen LogP contribution in [-0.2, 0) is 4.79 Å². The second kappa shape index (κ2) is 4.44. The van der Waals surface area contributed by atoms with E-state index in [0.717, 1.165) is 17.3 Å². The molecule has 0 radical (unpaired) electrons. The summed E-state index contributed by atoms with van der Waals surface area (Å²) in [7, 11) is 0. The lowest BCUT2D eigenvalue weighted by atomic mass is 10.3. The van der Waals surface area contributed by atoms with Gasteiger partial charge in [-0.15, -0.1) is 0 Å². The fourth-order valence-electron chi connectivity index (χ4n) is 1.31. The Morgan fingerprint density at radius 2 is 2.06 bits per heavy atom. The van der Waals surface area contributed by atoms with Crippen LogP contribution in [0.15, 0.2) is 48.8 Å². The van der Waals surface area contributed by atoms with Crippen LogP contribution >= 0.6 is 0 Å². The number of para-hydroxylation sites is 1. The van der Waals surface area contributed by atoms with Crippen LogP contribution in [-0.4, -0.2) is 20.9 Å². The molecule has 0 aliphatic heterocycles. The highest BCUT2D eigenvalue weighted by molar-refractivity contribution is 5.85. The molecule has 1 N–H and O–H groups in total. The molecule has 0 spiro atoms. The number of aliphatic carboxylic acids is 1. The number of carboxylic acids is 1. The van der Waals surface area contributed by atoms with Crippen molar-refractivity contribution in [1.82, 2.24) is 9.78 Å². The highest BCUT2D eigenvalue weighted by atomic mass is 16.4. The fraction of sp³-hybridized carbons (Fsp3) is 0. The van der Waals surface area contributed by atoms with Gasteiger partial charge in [0, 0.05) is 17.8 Å². The Hall–Kier alpha value is -2.36. The standard InChI is InChI=1S/C12H10N2O2/c15-12(16)7-6-10-8-13-14(9-10)11-4-2-1-3-5-11/h1-9H,(H,15,16)/b7-6+. The van der Waals surface area contributed by atoms with Crippen molar-refractivity contribution in [3.8, 4) is 5.69 Å². The predicted molar refractivity (Wildman–Crippen MR) is 60.2 cm³/mol. The number of nitrogens with zero attached hydrogens (tertiary/aromatic N) is 2. The maximum atomic E-state index is 10.3. The molecule has 1 heterocycles. The average Bonchev–Trinajstić information content (AvgIpc) is 2.76. The maximum absolute atomic E-state index is 10.3. The smallest absolute Gasteiger partial charge is 0.328 e. The van der Waals surface area contributed by atoms with E-state index in [1.165, 1.54) is 6.08 Å². The maximum Gasteiger partial charge on any atom is 0.328 e. The van der Waals surface area contributed by atoms with E-state index in [0.29, 0.717) is 0 Å². The third-order valence-electron chi connectivity index (χ3n) is 2.04. The van der Waals surface area contributed by atoms with Crippen molar-refractivity contribution < 1.29 is 9.90 Å². The molecule has 2 rings (SSSR count). The Labute approximate surface area is 92.5 Å². The molecular formula is C12H10N2O2. The molecular weight excluding hydrogens is 204 g/mol. The third-order valence-corrected chi connectivity index (χ3v) is 2.04. The molecule has 1 aromatic heterocycles. The first-order valence-electron chi connectivity index (χ1n) is 4.77. The highest BCUT2D eigenvalue weighted by Gasteiger charge is 1.97. The van der Waals surface area contributed by atoms with Gasteiger partial charge in [-0.25, -0.2) is 9.48 Å². The van der Waals surface area contributed by atoms with Crippen molar-refractivity contribution in [2.24, 2.45) is 0 Å². The number of aromatic nitrogens is 2. The minimum absolute atomic E-state index is 0.756. The van der Waals surface area contributed by atoms with Crippen LogP contribution < -0.4 is 0 Å². The van der Waals surface area contributed by atoms with Gasteiger partial charge in [-0.2, -0.15) is 5.10 Å². The summed E-state index contributed by atoms with van der Waals surface area (Å²) in [4.78, 5) is 10.3. The van der Waals surface area contributed by atoms with E-state index in [1.807, 2.05) is 30.3 Å². The Morgan fingerprint density at radius 1 is 1.31 bits per heavy atom. The van der Waals surface area contributed by atoms with Crippen molar-refractivity contribution in [1.29, 1.82) is 0 Å². The van der Waals surface area contributed by atoms with Gasteiger partial charge in [0.2, 0.25) is 0 Å². The third kappa shape index (κ3) is 2.36. The molecule has 0 saturated carbocycles. The normalized spacial score (nSPS) is 10.8. The monoisotopic (exact) mass is 214 g/mol. The number of hydrogen-bond donors (Lipinski definition) is 1. The molecule has 1 aromatic carbocycles. The summed E-state index contributed by atoms with van der Waals surface area (Å²) in [5.74, 6) is -0.965. The second-order valence-electron chi connectivity index (χ2n) is 3.23. The van der Waals surface area contributed by atoms with Crippen LogP contribution in [0.3, 0.4) is 0 Å². The molecule has 0 fully saturated rings. The van der Waals surface area contributed by atoms with Gasteiger partial charge < -0.3 is 5.11 Å².